The van der Waals surface area contributed by atoms with Crippen molar-refractivity contribution in [3.05, 3.63) is 48.4 Å². The van der Waals surface area contributed by atoms with Crippen LogP contribution in [-0.2, 0) is 14.3 Å². The molecule has 0 saturated heterocycles. The molecule has 120 valence electrons. The van der Waals surface area contributed by atoms with E-state index < -0.39 is 18.0 Å². The maximum absolute atomic E-state index is 12.0. The Morgan fingerprint density at radius 1 is 1.04 bits per heavy atom. The largest absolute Gasteiger partial charge is 0.457 e. The molecular formula is C16H16N2O5. The lowest BCUT2D eigenvalue weighted by atomic mass is 10.2. The van der Waals surface area contributed by atoms with Gasteiger partial charge in [0.15, 0.2) is 6.10 Å². The van der Waals surface area contributed by atoms with Crippen LogP contribution in [0.2, 0.25) is 0 Å². The monoisotopic (exact) mass is 316 g/mol. The summed E-state index contributed by atoms with van der Waals surface area (Å²) in [5.41, 5.74) is 1.14. The van der Waals surface area contributed by atoms with Gasteiger partial charge in [-0.25, -0.2) is 4.79 Å². The van der Waals surface area contributed by atoms with E-state index in [0.717, 1.165) is 0 Å². The van der Waals surface area contributed by atoms with E-state index >= 15 is 0 Å². The topological polar surface area (TPSA) is 97.6 Å². The Bertz CT molecular complexity index is 692. The molecule has 0 aliphatic heterocycles. The van der Waals surface area contributed by atoms with Gasteiger partial charge < -0.3 is 19.8 Å². The van der Waals surface area contributed by atoms with E-state index in [2.05, 4.69) is 10.6 Å². The molecule has 2 N–H and O–H groups in total. The second-order valence-electron chi connectivity index (χ2n) is 4.77. The van der Waals surface area contributed by atoms with Gasteiger partial charge in [-0.3, -0.25) is 9.59 Å². The van der Waals surface area contributed by atoms with Crippen molar-refractivity contribution in [1.82, 2.24) is 0 Å². The van der Waals surface area contributed by atoms with Crippen molar-refractivity contribution in [2.45, 2.75) is 20.0 Å². The molecule has 2 aromatic rings. The predicted octanol–water partition coefficient (Wildman–Crippen LogP) is 2.42. The van der Waals surface area contributed by atoms with Crippen molar-refractivity contribution < 1.29 is 23.5 Å². The third kappa shape index (κ3) is 4.70. The van der Waals surface area contributed by atoms with Crippen LogP contribution in [0.15, 0.2) is 47.1 Å². The number of ether oxygens (including phenoxy) is 1. The van der Waals surface area contributed by atoms with E-state index in [1.165, 1.54) is 26.2 Å². The smallest absolute Gasteiger partial charge is 0.374 e. The maximum atomic E-state index is 12.0. The van der Waals surface area contributed by atoms with Crippen molar-refractivity contribution in [1.29, 1.82) is 0 Å². The number of esters is 1. The Morgan fingerprint density at radius 2 is 1.65 bits per heavy atom. The SMILES string of the molecule is CC(=O)Nc1ccc(NC(=O)[C@@H](C)OC(=O)c2ccco2)cc1. The van der Waals surface area contributed by atoms with Crippen LogP contribution in [0.25, 0.3) is 0 Å². The van der Waals surface area contributed by atoms with Gasteiger partial charge in [-0.15, -0.1) is 0 Å². The molecule has 23 heavy (non-hydrogen) atoms. The first-order valence-electron chi connectivity index (χ1n) is 6.88. The van der Waals surface area contributed by atoms with Crippen LogP contribution >= 0.6 is 0 Å². The first-order chi connectivity index (χ1) is 11.0. The molecule has 7 nitrogen and oxygen atoms in total. The molecule has 0 saturated carbocycles. The van der Waals surface area contributed by atoms with Gasteiger partial charge in [0.25, 0.3) is 5.91 Å². The predicted molar refractivity (Wildman–Crippen MR) is 83.0 cm³/mol. The molecule has 0 spiro atoms. The van der Waals surface area contributed by atoms with E-state index in [1.807, 2.05) is 0 Å². The molecule has 0 aliphatic carbocycles. The summed E-state index contributed by atoms with van der Waals surface area (Å²) >= 11 is 0. The van der Waals surface area contributed by atoms with Crippen molar-refractivity contribution in [3.8, 4) is 0 Å². The number of benzene rings is 1. The van der Waals surface area contributed by atoms with Crippen molar-refractivity contribution in [2.24, 2.45) is 0 Å². The zero-order valence-corrected chi connectivity index (χ0v) is 12.7. The molecule has 2 amide bonds. The highest BCUT2D eigenvalue weighted by molar-refractivity contribution is 5.97. The van der Waals surface area contributed by atoms with E-state index in [4.69, 9.17) is 9.15 Å². The molecule has 1 aromatic heterocycles. The van der Waals surface area contributed by atoms with E-state index in [-0.39, 0.29) is 11.7 Å². The summed E-state index contributed by atoms with van der Waals surface area (Å²) < 4.78 is 9.90. The molecule has 1 heterocycles. The van der Waals surface area contributed by atoms with Gasteiger partial charge in [-0.2, -0.15) is 0 Å². The Hall–Kier alpha value is -3.09. The molecule has 0 aliphatic rings. The average molecular weight is 316 g/mol. The molecule has 0 fully saturated rings. The van der Waals surface area contributed by atoms with E-state index in [9.17, 15) is 14.4 Å². The second kappa shape index (κ2) is 7.26. The standard InChI is InChI=1S/C16H16N2O5/c1-10(23-16(21)14-4-3-9-22-14)15(20)18-13-7-5-12(6-8-13)17-11(2)19/h3-10H,1-2H3,(H,17,19)(H,18,20)/t10-/m1/s1. The third-order valence-electron chi connectivity index (χ3n) is 2.85. The van der Waals surface area contributed by atoms with Gasteiger partial charge >= 0.3 is 5.97 Å². The normalized spacial score (nSPS) is 11.4. The molecular weight excluding hydrogens is 300 g/mol. The van der Waals surface area contributed by atoms with Gasteiger partial charge in [0.2, 0.25) is 11.7 Å². The van der Waals surface area contributed by atoms with Crippen LogP contribution in [0.1, 0.15) is 24.4 Å². The number of nitrogens with one attached hydrogen (secondary N) is 2. The number of hydrogen-bond acceptors (Lipinski definition) is 5. The summed E-state index contributed by atoms with van der Waals surface area (Å²) in [7, 11) is 0. The van der Waals surface area contributed by atoms with Gasteiger partial charge in [0.05, 0.1) is 6.26 Å². The minimum atomic E-state index is -0.984. The molecule has 0 bridgehead atoms. The van der Waals surface area contributed by atoms with Crippen LogP contribution in [0, 0.1) is 0 Å². The number of amides is 2. The van der Waals surface area contributed by atoms with Gasteiger partial charge in [0, 0.05) is 18.3 Å². The quantitative estimate of drug-likeness (QED) is 0.826. The van der Waals surface area contributed by atoms with Crippen LogP contribution < -0.4 is 10.6 Å². The van der Waals surface area contributed by atoms with Gasteiger partial charge in [-0.1, -0.05) is 0 Å². The van der Waals surface area contributed by atoms with E-state index in [1.54, 1.807) is 30.3 Å². The number of carbonyl (C=O) groups is 3. The molecule has 1 aromatic carbocycles. The molecule has 0 unspecified atom stereocenters. The minimum Gasteiger partial charge on any atom is -0.457 e. The van der Waals surface area contributed by atoms with Crippen LogP contribution in [0.4, 0.5) is 11.4 Å². The molecule has 1 atom stereocenters. The van der Waals surface area contributed by atoms with Crippen LogP contribution in [0.5, 0.6) is 0 Å². The summed E-state index contributed by atoms with van der Waals surface area (Å²) in [5.74, 6) is -1.33. The Kier molecular flexibility index (Phi) is 5.14. The highest BCUT2D eigenvalue weighted by Gasteiger charge is 2.20. The molecule has 2 rings (SSSR count). The van der Waals surface area contributed by atoms with Crippen molar-refractivity contribution in [2.75, 3.05) is 10.6 Å². The van der Waals surface area contributed by atoms with E-state index in [0.29, 0.717) is 11.4 Å². The Balaban J connectivity index is 1.90. The maximum Gasteiger partial charge on any atom is 0.374 e. The summed E-state index contributed by atoms with van der Waals surface area (Å²) in [6.07, 6.45) is 0.362. The average Bonchev–Trinajstić information content (AvgIpc) is 3.03. The fraction of sp³-hybridized carbons (Fsp3) is 0.188. The van der Waals surface area contributed by atoms with Crippen LogP contribution in [-0.4, -0.2) is 23.9 Å². The van der Waals surface area contributed by atoms with Crippen LogP contribution in [0.3, 0.4) is 0 Å². The highest BCUT2D eigenvalue weighted by Crippen LogP contribution is 2.14. The van der Waals surface area contributed by atoms with Crippen molar-refractivity contribution >= 4 is 29.2 Å². The third-order valence-corrected chi connectivity index (χ3v) is 2.85. The number of carbonyl (C=O) groups excluding carboxylic acids is 3. The summed E-state index contributed by atoms with van der Waals surface area (Å²) in [6.45, 7) is 2.87. The fourth-order valence-electron chi connectivity index (χ4n) is 1.75. The minimum absolute atomic E-state index is 0.0318. The number of furan rings is 1. The lowest BCUT2D eigenvalue weighted by Crippen LogP contribution is -2.29. The Morgan fingerprint density at radius 3 is 2.17 bits per heavy atom. The van der Waals surface area contributed by atoms with Crippen molar-refractivity contribution in [3.63, 3.8) is 0 Å². The molecule has 0 radical (unpaired) electrons. The first kappa shape index (κ1) is 16.3. The highest BCUT2D eigenvalue weighted by atomic mass is 16.6. The zero-order valence-electron chi connectivity index (χ0n) is 12.7. The lowest BCUT2D eigenvalue weighted by Gasteiger charge is -2.13. The Labute approximate surface area is 132 Å². The summed E-state index contributed by atoms with van der Waals surface area (Å²) in [4.78, 5) is 34.6. The van der Waals surface area contributed by atoms with Gasteiger partial charge in [-0.05, 0) is 43.3 Å². The summed E-state index contributed by atoms with van der Waals surface area (Å²) in [5, 5.41) is 5.23. The van der Waals surface area contributed by atoms with Gasteiger partial charge in [0.1, 0.15) is 0 Å². The summed E-state index contributed by atoms with van der Waals surface area (Å²) in [6, 6.07) is 9.56. The second-order valence-corrected chi connectivity index (χ2v) is 4.77. The first-order valence-corrected chi connectivity index (χ1v) is 6.88. The number of hydrogen-bond donors (Lipinski definition) is 2. The number of anilines is 2. The lowest BCUT2D eigenvalue weighted by molar-refractivity contribution is -0.123. The number of rotatable bonds is 5. The fourth-order valence-corrected chi connectivity index (χ4v) is 1.75. The molecule has 7 heteroatoms. The zero-order chi connectivity index (χ0) is 16.8.